The normalized spacial score (nSPS) is 22.3. The van der Waals surface area contributed by atoms with E-state index in [-0.39, 0.29) is 0 Å². The molecule has 116 valence electrons. The Morgan fingerprint density at radius 3 is 2.81 bits per heavy atom. The minimum Gasteiger partial charge on any atom is -0.376 e. The molecule has 1 aromatic carbocycles. The van der Waals surface area contributed by atoms with Gasteiger partial charge >= 0.3 is 0 Å². The van der Waals surface area contributed by atoms with Gasteiger partial charge in [0, 0.05) is 43.5 Å². The first-order valence-electron chi connectivity index (χ1n) is 8.07. The number of benzene rings is 1. The van der Waals surface area contributed by atoms with E-state index in [0.717, 1.165) is 24.7 Å². The standard InChI is InChI=1S/C17H25ClN2O/c1-20(12-16-4-2-3-9-21-16)15-8-5-13(17(18)10-15)11-19-14-6-7-14/h5,8,10,14,16,19H,2-4,6-7,9,11-12H2,1H3. The van der Waals surface area contributed by atoms with Gasteiger partial charge in [-0.1, -0.05) is 17.7 Å². The van der Waals surface area contributed by atoms with Gasteiger partial charge in [-0.3, -0.25) is 0 Å². The van der Waals surface area contributed by atoms with Gasteiger partial charge in [-0.05, 0) is 49.8 Å². The Labute approximate surface area is 132 Å². The monoisotopic (exact) mass is 308 g/mol. The predicted molar refractivity (Wildman–Crippen MR) is 88.2 cm³/mol. The van der Waals surface area contributed by atoms with E-state index in [9.17, 15) is 0 Å². The van der Waals surface area contributed by atoms with Gasteiger partial charge in [0.05, 0.1) is 6.10 Å². The smallest absolute Gasteiger partial charge is 0.0749 e. The van der Waals surface area contributed by atoms with Crippen molar-refractivity contribution in [3.63, 3.8) is 0 Å². The highest BCUT2D eigenvalue weighted by Crippen LogP contribution is 2.26. The molecular formula is C17H25ClN2O. The highest BCUT2D eigenvalue weighted by Gasteiger charge is 2.20. The molecule has 3 rings (SSSR count). The number of rotatable bonds is 6. The molecule has 1 saturated carbocycles. The molecule has 0 spiro atoms. The number of ether oxygens (including phenoxy) is 1. The van der Waals surface area contributed by atoms with Crippen molar-refractivity contribution in [2.45, 2.75) is 50.8 Å². The van der Waals surface area contributed by atoms with Crippen LogP contribution in [0.25, 0.3) is 0 Å². The lowest BCUT2D eigenvalue weighted by molar-refractivity contribution is 0.0216. The summed E-state index contributed by atoms with van der Waals surface area (Å²) in [6.07, 6.45) is 6.62. The second-order valence-corrected chi connectivity index (χ2v) is 6.71. The Kier molecular flexibility index (Phi) is 5.04. The fourth-order valence-corrected chi connectivity index (χ4v) is 3.06. The highest BCUT2D eigenvalue weighted by molar-refractivity contribution is 6.31. The van der Waals surface area contributed by atoms with Gasteiger partial charge in [0.15, 0.2) is 0 Å². The summed E-state index contributed by atoms with van der Waals surface area (Å²) in [6, 6.07) is 7.10. The lowest BCUT2D eigenvalue weighted by Crippen LogP contribution is -2.33. The summed E-state index contributed by atoms with van der Waals surface area (Å²) in [5, 5.41) is 4.37. The summed E-state index contributed by atoms with van der Waals surface area (Å²) < 4.78 is 5.81. The number of nitrogens with zero attached hydrogens (tertiary/aromatic N) is 1. The van der Waals surface area contributed by atoms with Gasteiger partial charge in [0.2, 0.25) is 0 Å². The summed E-state index contributed by atoms with van der Waals surface area (Å²) in [7, 11) is 2.12. The first-order chi connectivity index (χ1) is 10.2. The third kappa shape index (κ3) is 4.35. The van der Waals surface area contributed by atoms with Crippen molar-refractivity contribution in [2.24, 2.45) is 0 Å². The number of hydrogen-bond acceptors (Lipinski definition) is 3. The summed E-state index contributed by atoms with van der Waals surface area (Å²) in [5.74, 6) is 0. The van der Waals surface area contributed by atoms with Crippen molar-refractivity contribution in [3.05, 3.63) is 28.8 Å². The van der Waals surface area contributed by atoms with Crippen molar-refractivity contribution in [1.82, 2.24) is 5.32 Å². The lowest BCUT2D eigenvalue weighted by atomic mass is 10.1. The molecule has 1 N–H and O–H groups in total. The number of nitrogens with one attached hydrogen (secondary N) is 1. The van der Waals surface area contributed by atoms with E-state index in [1.54, 1.807) is 0 Å². The van der Waals surface area contributed by atoms with E-state index in [0.29, 0.717) is 12.1 Å². The zero-order valence-electron chi connectivity index (χ0n) is 12.8. The average Bonchev–Trinajstić information content (AvgIpc) is 3.31. The summed E-state index contributed by atoms with van der Waals surface area (Å²) in [5.41, 5.74) is 2.36. The maximum absolute atomic E-state index is 6.42. The molecule has 21 heavy (non-hydrogen) atoms. The molecule has 0 amide bonds. The lowest BCUT2D eigenvalue weighted by Gasteiger charge is -2.29. The van der Waals surface area contributed by atoms with Crippen LogP contribution in [-0.2, 0) is 11.3 Å². The third-order valence-electron chi connectivity index (χ3n) is 4.39. The van der Waals surface area contributed by atoms with E-state index < -0.39 is 0 Å². The van der Waals surface area contributed by atoms with Crippen LogP contribution < -0.4 is 10.2 Å². The van der Waals surface area contributed by atoms with Gasteiger partial charge in [0.25, 0.3) is 0 Å². The molecule has 0 radical (unpaired) electrons. The van der Waals surface area contributed by atoms with Crippen LogP contribution in [-0.4, -0.2) is 32.3 Å². The Morgan fingerprint density at radius 2 is 2.14 bits per heavy atom. The molecule has 1 atom stereocenters. The average molecular weight is 309 g/mol. The van der Waals surface area contributed by atoms with E-state index >= 15 is 0 Å². The maximum atomic E-state index is 6.42. The maximum Gasteiger partial charge on any atom is 0.0749 e. The summed E-state index contributed by atoms with van der Waals surface area (Å²) >= 11 is 6.42. The number of anilines is 1. The molecule has 1 heterocycles. The fourth-order valence-electron chi connectivity index (χ4n) is 2.82. The quantitative estimate of drug-likeness (QED) is 0.869. The second-order valence-electron chi connectivity index (χ2n) is 6.30. The molecule has 2 aliphatic rings. The van der Waals surface area contributed by atoms with Crippen LogP contribution in [0.5, 0.6) is 0 Å². The van der Waals surface area contributed by atoms with Crippen LogP contribution in [0.4, 0.5) is 5.69 Å². The highest BCUT2D eigenvalue weighted by atomic mass is 35.5. The van der Waals surface area contributed by atoms with Gasteiger partial charge in [-0.15, -0.1) is 0 Å². The van der Waals surface area contributed by atoms with Gasteiger partial charge in [-0.2, -0.15) is 0 Å². The largest absolute Gasteiger partial charge is 0.376 e. The zero-order chi connectivity index (χ0) is 14.7. The molecule has 0 aromatic heterocycles. The van der Waals surface area contributed by atoms with Gasteiger partial charge in [0.1, 0.15) is 0 Å². The Morgan fingerprint density at radius 1 is 1.29 bits per heavy atom. The van der Waals surface area contributed by atoms with Crippen molar-refractivity contribution in [3.8, 4) is 0 Å². The molecule has 1 unspecified atom stereocenters. The Hall–Kier alpha value is -0.770. The zero-order valence-corrected chi connectivity index (χ0v) is 13.5. The molecule has 1 saturated heterocycles. The topological polar surface area (TPSA) is 24.5 Å². The molecule has 2 fully saturated rings. The molecule has 4 heteroatoms. The van der Waals surface area contributed by atoms with Crippen LogP contribution in [0.15, 0.2) is 18.2 Å². The van der Waals surface area contributed by atoms with Crippen LogP contribution >= 0.6 is 11.6 Å². The first-order valence-corrected chi connectivity index (χ1v) is 8.45. The van der Waals surface area contributed by atoms with Crippen LogP contribution in [0.1, 0.15) is 37.7 Å². The van der Waals surface area contributed by atoms with Crippen LogP contribution in [0.2, 0.25) is 5.02 Å². The van der Waals surface area contributed by atoms with Crippen molar-refractivity contribution < 1.29 is 4.74 Å². The molecule has 0 bridgehead atoms. The van der Waals surface area contributed by atoms with Crippen LogP contribution in [0.3, 0.4) is 0 Å². The number of hydrogen-bond donors (Lipinski definition) is 1. The van der Waals surface area contributed by atoms with Crippen molar-refractivity contribution >= 4 is 17.3 Å². The van der Waals surface area contributed by atoms with E-state index in [2.05, 4.69) is 35.5 Å². The molecule has 1 aliphatic heterocycles. The number of halogens is 1. The van der Waals surface area contributed by atoms with E-state index in [1.165, 1.54) is 43.4 Å². The minimum absolute atomic E-state index is 0.360. The van der Waals surface area contributed by atoms with E-state index in [4.69, 9.17) is 16.3 Å². The fraction of sp³-hybridized carbons (Fsp3) is 0.647. The van der Waals surface area contributed by atoms with Gasteiger partial charge in [-0.25, -0.2) is 0 Å². The Balaban J connectivity index is 1.57. The Bertz CT molecular complexity index is 470. The summed E-state index contributed by atoms with van der Waals surface area (Å²) in [4.78, 5) is 2.25. The molecule has 1 aromatic rings. The SMILES string of the molecule is CN(CC1CCCCO1)c1ccc(CNC2CC2)c(Cl)c1. The van der Waals surface area contributed by atoms with Crippen LogP contribution in [0, 0.1) is 0 Å². The molecular weight excluding hydrogens is 284 g/mol. The number of likely N-dealkylation sites (N-methyl/N-ethyl adjacent to an activating group) is 1. The summed E-state index contributed by atoms with van der Waals surface area (Å²) in [6.45, 7) is 2.72. The minimum atomic E-state index is 0.360. The molecule has 1 aliphatic carbocycles. The van der Waals surface area contributed by atoms with Gasteiger partial charge < -0.3 is 15.0 Å². The second kappa shape index (κ2) is 6.99. The van der Waals surface area contributed by atoms with E-state index in [1.807, 2.05) is 0 Å². The molecule has 3 nitrogen and oxygen atoms in total. The predicted octanol–water partition coefficient (Wildman–Crippen LogP) is 3.60. The third-order valence-corrected chi connectivity index (χ3v) is 4.74. The van der Waals surface area contributed by atoms with Crippen molar-refractivity contribution in [2.75, 3.05) is 25.1 Å². The first kappa shape index (κ1) is 15.1. The van der Waals surface area contributed by atoms with Crippen molar-refractivity contribution in [1.29, 1.82) is 0 Å².